The highest BCUT2D eigenvalue weighted by atomic mass is 16.5. The Bertz CT molecular complexity index is 1700. The van der Waals surface area contributed by atoms with Gasteiger partial charge in [0.2, 0.25) is 5.76 Å². The Morgan fingerprint density at radius 1 is 1.06 bits per heavy atom. The molecule has 3 heterocycles. The van der Waals surface area contributed by atoms with Crippen molar-refractivity contribution in [2.24, 2.45) is 0 Å². The van der Waals surface area contributed by atoms with Gasteiger partial charge in [0.1, 0.15) is 23.7 Å². The summed E-state index contributed by atoms with van der Waals surface area (Å²) in [6.07, 6.45) is 1.65. The van der Waals surface area contributed by atoms with Crippen LogP contribution in [0.3, 0.4) is 0 Å². The summed E-state index contributed by atoms with van der Waals surface area (Å²) in [7, 11) is 0. The van der Waals surface area contributed by atoms with Crippen molar-refractivity contribution in [3.05, 3.63) is 112 Å². The van der Waals surface area contributed by atoms with E-state index in [-0.39, 0.29) is 16.8 Å². The fourth-order valence-corrected chi connectivity index (χ4v) is 4.65. The lowest BCUT2D eigenvalue weighted by Gasteiger charge is -2.22. The number of anilines is 1. The highest BCUT2D eigenvalue weighted by Crippen LogP contribution is 2.42. The van der Waals surface area contributed by atoms with Crippen LogP contribution in [-0.2, 0) is 0 Å². The molecule has 172 valence electrons. The van der Waals surface area contributed by atoms with Crippen molar-refractivity contribution >= 4 is 33.5 Å². The van der Waals surface area contributed by atoms with E-state index in [4.69, 9.17) is 13.7 Å². The van der Waals surface area contributed by atoms with Gasteiger partial charge < -0.3 is 13.7 Å². The summed E-state index contributed by atoms with van der Waals surface area (Å²) in [5, 5.41) is 6.17. The van der Waals surface area contributed by atoms with E-state index in [9.17, 15) is 9.59 Å². The molecule has 0 saturated heterocycles. The first-order valence-corrected chi connectivity index (χ1v) is 11.2. The molecule has 0 radical (unpaired) electrons. The summed E-state index contributed by atoms with van der Waals surface area (Å²) in [5.74, 6) is 0.982. The van der Waals surface area contributed by atoms with Gasteiger partial charge in [-0.15, -0.1) is 0 Å². The number of carbonyl (C=O) groups is 1. The Balaban J connectivity index is 1.63. The lowest BCUT2D eigenvalue weighted by Crippen LogP contribution is -2.29. The second-order valence-electron chi connectivity index (χ2n) is 8.38. The smallest absolute Gasteiger partial charge is 0.296 e. The SMILES string of the molecule is C=CCOc1cccc([C@@H]2c3c(oc4c(ccc5ccccc54)c3=O)C(=O)N2c2cc(C)on2)c1. The standard InChI is InChI=1S/C28H20N2O5/c1-3-13-33-19-9-6-8-18(15-19)24-23-25(31)21-12-11-17-7-4-5-10-20(17)26(21)34-27(23)28(32)30(24)22-14-16(2)35-29-22/h3-12,14-15,24H,1,13H2,2H3/t24-/m1/s1. The first-order chi connectivity index (χ1) is 17.1. The fraction of sp³-hybridized carbons (Fsp3) is 0.107. The summed E-state index contributed by atoms with van der Waals surface area (Å²) in [6.45, 7) is 5.75. The van der Waals surface area contributed by atoms with Crippen molar-refractivity contribution in [3.8, 4) is 5.75 Å². The Morgan fingerprint density at radius 3 is 2.71 bits per heavy atom. The largest absolute Gasteiger partial charge is 0.490 e. The van der Waals surface area contributed by atoms with Gasteiger partial charge in [-0.05, 0) is 36.1 Å². The van der Waals surface area contributed by atoms with Crippen molar-refractivity contribution < 1.29 is 18.5 Å². The Kier molecular flexibility index (Phi) is 4.77. The highest BCUT2D eigenvalue weighted by molar-refractivity contribution is 6.12. The average molecular weight is 464 g/mol. The molecule has 0 saturated carbocycles. The van der Waals surface area contributed by atoms with Crippen molar-refractivity contribution in [3.63, 3.8) is 0 Å². The number of aryl methyl sites for hydroxylation is 1. The van der Waals surface area contributed by atoms with Crippen LogP contribution in [0, 0.1) is 6.92 Å². The van der Waals surface area contributed by atoms with Crippen LogP contribution < -0.4 is 15.1 Å². The van der Waals surface area contributed by atoms with Gasteiger partial charge in [-0.3, -0.25) is 14.5 Å². The van der Waals surface area contributed by atoms with Crippen LogP contribution in [-0.4, -0.2) is 17.7 Å². The second kappa shape index (κ2) is 7.99. The molecule has 0 spiro atoms. The third-order valence-electron chi connectivity index (χ3n) is 6.17. The third-order valence-corrected chi connectivity index (χ3v) is 6.17. The van der Waals surface area contributed by atoms with Crippen LogP contribution in [0.4, 0.5) is 5.82 Å². The molecule has 1 aliphatic rings. The van der Waals surface area contributed by atoms with E-state index in [1.54, 1.807) is 31.2 Å². The van der Waals surface area contributed by atoms with Crippen LogP contribution in [0.15, 0.2) is 93.1 Å². The van der Waals surface area contributed by atoms with E-state index in [0.717, 1.165) is 10.8 Å². The summed E-state index contributed by atoms with van der Waals surface area (Å²) >= 11 is 0. The topological polar surface area (TPSA) is 85.8 Å². The van der Waals surface area contributed by atoms with Crippen LogP contribution in [0.5, 0.6) is 5.75 Å². The maximum Gasteiger partial charge on any atom is 0.296 e. The summed E-state index contributed by atoms with van der Waals surface area (Å²) in [5.41, 5.74) is 1.08. The Labute approximate surface area is 199 Å². The second-order valence-corrected chi connectivity index (χ2v) is 8.38. The number of benzene rings is 3. The van der Waals surface area contributed by atoms with E-state index in [0.29, 0.717) is 40.5 Å². The minimum atomic E-state index is -0.763. The molecule has 6 rings (SSSR count). The normalized spacial score (nSPS) is 15.1. The van der Waals surface area contributed by atoms with Gasteiger partial charge in [0.05, 0.1) is 17.0 Å². The predicted octanol–water partition coefficient (Wildman–Crippen LogP) is 5.56. The number of amides is 1. The van der Waals surface area contributed by atoms with Gasteiger partial charge in [-0.2, -0.15) is 0 Å². The predicted molar refractivity (Wildman–Crippen MR) is 132 cm³/mol. The zero-order chi connectivity index (χ0) is 24.1. The van der Waals surface area contributed by atoms with Gasteiger partial charge in [0, 0.05) is 11.5 Å². The zero-order valence-electron chi connectivity index (χ0n) is 18.9. The molecule has 0 N–H and O–H groups in total. The molecule has 1 amide bonds. The first-order valence-electron chi connectivity index (χ1n) is 11.2. The Morgan fingerprint density at radius 2 is 1.91 bits per heavy atom. The molecule has 0 fully saturated rings. The number of rotatable bonds is 5. The molecule has 5 aromatic rings. The quantitative estimate of drug-likeness (QED) is 0.250. The van der Waals surface area contributed by atoms with Crippen LogP contribution in [0.25, 0.3) is 21.7 Å². The number of hydrogen-bond donors (Lipinski definition) is 0. The molecule has 3 aromatic carbocycles. The van der Waals surface area contributed by atoms with Crippen molar-refractivity contribution in [2.45, 2.75) is 13.0 Å². The fourth-order valence-electron chi connectivity index (χ4n) is 4.65. The minimum absolute atomic E-state index is 0.00178. The summed E-state index contributed by atoms with van der Waals surface area (Å²) in [4.78, 5) is 29.1. The summed E-state index contributed by atoms with van der Waals surface area (Å²) in [6, 6.07) is 19.4. The average Bonchev–Trinajstić information content (AvgIpc) is 3.43. The van der Waals surface area contributed by atoms with E-state index < -0.39 is 11.9 Å². The molecular weight excluding hydrogens is 444 g/mol. The van der Waals surface area contributed by atoms with Crippen molar-refractivity contribution in [2.75, 3.05) is 11.5 Å². The molecule has 0 unspecified atom stereocenters. The Hall–Kier alpha value is -4.65. The van der Waals surface area contributed by atoms with Gasteiger partial charge in [0.25, 0.3) is 5.91 Å². The molecule has 7 nitrogen and oxygen atoms in total. The maximum absolute atomic E-state index is 13.9. The van der Waals surface area contributed by atoms with Crippen LogP contribution >= 0.6 is 0 Å². The van der Waals surface area contributed by atoms with E-state index in [1.165, 1.54) is 4.90 Å². The van der Waals surface area contributed by atoms with Crippen LogP contribution in [0.2, 0.25) is 0 Å². The van der Waals surface area contributed by atoms with Gasteiger partial charge in [-0.1, -0.05) is 60.3 Å². The molecule has 2 aromatic heterocycles. The molecule has 7 heteroatoms. The number of fused-ring (bicyclic) bond motifs is 4. The highest BCUT2D eigenvalue weighted by Gasteiger charge is 2.45. The van der Waals surface area contributed by atoms with Gasteiger partial charge in [0.15, 0.2) is 11.2 Å². The summed E-state index contributed by atoms with van der Waals surface area (Å²) < 4.78 is 17.2. The van der Waals surface area contributed by atoms with Crippen LogP contribution in [0.1, 0.15) is 33.5 Å². The minimum Gasteiger partial charge on any atom is -0.490 e. The molecule has 0 aliphatic carbocycles. The number of ether oxygens (including phenoxy) is 1. The maximum atomic E-state index is 13.9. The van der Waals surface area contributed by atoms with Gasteiger partial charge >= 0.3 is 0 Å². The molecular formula is C28H20N2O5. The number of hydrogen-bond acceptors (Lipinski definition) is 6. The molecule has 1 atom stereocenters. The van der Waals surface area contributed by atoms with Gasteiger partial charge in [-0.25, -0.2) is 0 Å². The van der Waals surface area contributed by atoms with E-state index in [1.807, 2.05) is 48.5 Å². The van der Waals surface area contributed by atoms with Crippen molar-refractivity contribution in [1.29, 1.82) is 0 Å². The molecule has 35 heavy (non-hydrogen) atoms. The number of carbonyl (C=O) groups excluding carboxylic acids is 1. The van der Waals surface area contributed by atoms with E-state index in [2.05, 4.69) is 11.7 Å². The van der Waals surface area contributed by atoms with Crippen molar-refractivity contribution in [1.82, 2.24) is 5.16 Å². The number of aromatic nitrogens is 1. The zero-order valence-corrected chi connectivity index (χ0v) is 18.9. The first kappa shape index (κ1) is 20.9. The molecule has 0 bridgehead atoms. The number of nitrogens with zero attached hydrogens (tertiary/aromatic N) is 2. The lowest BCUT2D eigenvalue weighted by atomic mass is 9.97. The lowest BCUT2D eigenvalue weighted by molar-refractivity contribution is 0.0969. The molecule has 1 aliphatic heterocycles. The van der Waals surface area contributed by atoms with E-state index >= 15 is 0 Å². The third kappa shape index (κ3) is 3.24. The monoisotopic (exact) mass is 464 g/mol.